The third kappa shape index (κ3) is 3.44. The lowest BCUT2D eigenvalue weighted by Gasteiger charge is -2.23. The molecule has 0 spiro atoms. The summed E-state index contributed by atoms with van der Waals surface area (Å²) >= 11 is 0. The van der Waals surface area contributed by atoms with Gasteiger partial charge in [-0.15, -0.1) is 0 Å². The standard InChI is InChI=1S/C20H26N2O/c1-14-11-17(13-22(14)18-5-3-2-4-6-18)21-20(23)12-19(15-7-8-15)16-9-10-16/h2-6,12,14-17H,7-11,13H2,1H3,(H,21,23). The number of allylic oxidation sites excluding steroid dienone is 1. The summed E-state index contributed by atoms with van der Waals surface area (Å²) in [5, 5.41) is 3.25. The van der Waals surface area contributed by atoms with Gasteiger partial charge in [0.1, 0.15) is 0 Å². The van der Waals surface area contributed by atoms with E-state index in [1.54, 1.807) is 0 Å². The Balaban J connectivity index is 1.38. The highest BCUT2D eigenvalue weighted by Gasteiger charge is 2.37. The molecule has 1 aliphatic heterocycles. The van der Waals surface area contributed by atoms with E-state index >= 15 is 0 Å². The van der Waals surface area contributed by atoms with Crippen LogP contribution in [-0.4, -0.2) is 24.5 Å². The number of nitrogens with zero attached hydrogens (tertiary/aromatic N) is 1. The van der Waals surface area contributed by atoms with Gasteiger partial charge in [-0.25, -0.2) is 0 Å². The Morgan fingerprint density at radius 2 is 1.78 bits per heavy atom. The molecule has 0 bridgehead atoms. The first kappa shape index (κ1) is 14.8. The van der Waals surface area contributed by atoms with Gasteiger partial charge in [0.2, 0.25) is 5.91 Å². The number of amides is 1. The zero-order valence-corrected chi connectivity index (χ0v) is 13.9. The van der Waals surface area contributed by atoms with Gasteiger partial charge in [0.15, 0.2) is 0 Å². The Hall–Kier alpha value is -1.77. The van der Waals surface area contributed by atoms with E-state index in [-0.39, 0.29) is 11.9 Å². The van der Waals surface area contributed by atoms with Crippen molar-refractivity contribution in [3.8, 4) is 0 Å². The van der Waals surface area contributed by atoms with Crippen LogP contribution in [0.15, 0.2) is 42.0 Å². The maximum atomic E-state index is 12.4. The van der Waals surface area contributed by atoms with Crippen LogP contribution < -0.4 is 10.2 Å². The van der Waals surface area contributed by atoms with E-state index in [0.717, 1.165) is 24.8 Å². The first-order valence-electron chi connectivity index (χ1n) is 9.04. The lowest BCUT2D eigenvalue weighted by molar-refractivity contribution is -0.117. The third-order valence-corrected chi connectivity index (χ3v) is 5.40. The average Bonchev–Trinajstić information content (AvgIpc) is 3.45. The first-order chi connectivity index (χ1) is 11.2. The highest BCUT2D eigenvalue weighted by molar-refractivity contribution is 5.89. The molecule has 2 saturated carbocycles. The van der Waals surface area contributed by atoms with E-state index in [4.69, 9.17) is 0 Å². The van der Waals surface area contributed by atoms with Gasteiger partial charge in [-0.1, -0.05) is 23.8 Å². The highest BCUT2D eigenvalue weighted by atomic mass is 16.1. The van der Waals surface area contributed by atoms with Crippen molar-refractivity contribution in [1.29, 1.82) is 0 Å². The van der Waals surface area contributed by atoms with Crippen LogP contribution in [-0.2, 0) is 4.79 Å². The van der Waals surface area contributed by atoms with E-state index in [1.165, 1.54) is 36.9 Å². The van der Waals surface area contributed by atoms with E-state index in [9.17, 15) is 4.79 Å². The summed E-state index contributed by atoms with van der Waals surface area (Å²) in [7, 11) is 0. The summed E-state index contributed by atoms with van der Waals surface area (Å²) in [5.41, 5.74) is 2.69. The SMILES string of the molecule is CC1CC(NC(=O)C=C(C2CC2)C2CC2)CN1c1ccccc1. The normalized spacial score (nSPS) is 26.9. The topological polar surface area (TPSA) is 32.3 Å². The summed E-state index contributed by atoms with van der Waals surface area (Å²) < 4.78 is 0. The van der Waals surface area contributed by atoms with Crippen molar-refractivity contribution in [3.05, 3.63) is 42.0 Å². The lowest BCUT2D eigenvalue weighted by Crippen LogP contribution is -2.36. The molecule has 3 fully saturated rings. The molecule has 3 nitrogen and oxygen atoms in total. The molecule has 4 rings (SSSR count). The van der Waals surface area contributed by atoms with Crippen molar-refractivity contribution in [3.63, 3.8) is 0 Å². The minimum absolute atomic E-state index is 0.130. The maximum Gasteiger partial charge on any atom is 0.244 e. The molecule has 23 heavy (non-hydrogen) atoms. The van der Waals surface area contributed by atoms with Gasteiger partial charge >= 0.3 is 0 Å². The minimum Gasteiger partial charge on any atom is -0.367 e. The smallest absolute Gasteiger partial charge is 0.244 e. The number of carbonyl (C=O) groups excluding carboxylic acids is 1. The van der Waals surface area contributed by atoms with Crippen LogP contribution in [0.3, 0.4) is 0 Å². The van der Waals surface area contributed by atoms with E-state index in [0.29, 0.717) is 6.04 Å². The predicted molar refractivity (Wildman–Crippen MR) is 93.3 cm³/mol. The number of carbonyl (C=O) groups is 1. The summed E-state index contributed by atoms with van der Waals surface area (Å²) in [6, 6.07) is 11.2. The van der Waals surface area contributed by atoms with Crippen LogP contribution in [0.5, 0.6) is 0 Å². The molecule has 2 atom stereocenters. The molecular weight excluding hydrogens is 284 g/mol. The number of hydrogen-bond acceptors (Lipinski definition) is 2. The molecule has 1 aromatic rings. The van der Waals surface area contributed by atoms with Gasteiger partial charge in [0, 0.05) is 30.4 Å². The largest absolute Gasteiger partial charge is 0.367 e. The molecule has 1 N–H and O–H groups in total. The average molecular weight is 310 g/mol. The molecule has 122 valence electrons. The highest BCUT2D eigenvalue weighted by Crippen LogP contribution is 2.48. The minimum atomic E-state index is 0.130. The van der Waals surface area contributed by atoms with Gasteiger partial charge < -0.3 is 10.2 Å². The van der Waals surface area contributed by atoms with Gasteiger partial charge in [-0.2, -0.15) is 0 Å². The van der Waals surface area contributed by atoms with Crippen molar-refractivity contribution >= 4 is 11.6 Å². The maximum absolute atomic E-state index is 12.4. The van der Waals surface area contributed by atoms with Crippen molar-refractivity contribution in [1.82, 2.24) is 5.32 Å². The second-order valence-corrected chi connectivity index (χ2v) is 7.47. The van der Waals surface area contributed by atoms with Gasteiger partial charge in [0.05, 0.1) is 0 Å². The molecule has 0 radical (unpaired) electrons. The molecule has 1 heterocycles. The summed E-state index contributed by atoms with van der Waals surface area (Å²) in [5.74, 6) is 1.57. The molecule has 1 aromatic carbocycles. The number of anilines is 1. The number of para-hydroxylation sites is 1. The molecular formula is C20H26N2O. The van der Waals surface area contributed by atoms with E-state index < -0.39 is 0 Å². The lowest BCUT2D eigenvalue weighted by atomic mass is 10.1. The Morgan fingerprint density at radius 3 is 2.39 bits per heavy atom. The summed E-state index contributed by atoms with van der Waals surface area (Å²) in [6.45, 7) is 3.15. The third-order valence-electron chi connectivity index (χ3n) is 5.40. The quantitative estimate of drug-likeness (QED) is 0.844. The Morgan fingerprint density at radius 1 is 1.13 bits per heavy atom. The Bertz CT molecular complexity index is 587. The number of nitrogens with one attached hydrogen (secondary N) is 1. The molecule has 1 amide bonds. The number of benzene rings is 1. The van der Waals surface area contributed by atoms with Crippen LogP contribution in [0.1, 0.15) is 39.0 Å². The van der Waals surface area contributed by atoms with E-state index in [1.807, 2.05) is 12.1 Å². The van der Waals surface area contributed by atoms with Gasteiger partial charge in [0.25, 0.3) is 0 Å². The molecule has 3 heteroatoms. The summed E-state index contributed by atoms with van der Waals surface area (Å²) in [6.07, 6.45) is 8.12. The Labute approximate surface area is 138 Å². The predicted octanol–water partition coefficient (Wildman–Crippen LogP) is 3.52. The first-order valence-corrected chi connectivity index (χ1v) is 9.04. The van der Waals surface area contributed by atoms with E-state index in [2.05, 4.69) is 41.4 Å². The number of hydrogen-bond donors (Lipinski definition) is 1. The molecule has 0 aromatic heterocycles. The molecule has 2 aliphatic carbocycles. The fraction of sp³-hybridized carbons (Fsp3) is 0.550. The second kappa shape index (κ2) is 6.03. The van der Waals surface area contributed by atoms with Gasteiger partial charge in [-0.05, 0) is 63.0 Å². The number of rotatable bonds is 5. The monoisotopic (exact) mass is 310 g/mol. The molecule has 2 unspecified atom stereocenters. The van der Waals surface area contributed by atoms with Crippen LogP contribution in [0.25, 0.3) is 0 Å². The molecule has 1 saturated heterocycles. The zero-order chi connectivity index (χ0) is 15.8. The van der Waals surface area contributed by atoms with Crippen molar-refractivity contribution in [2.24, 2.45) is 11.8 Å². The van der Waals surface area contributed by atoms with Crippen LogP contribution in [0.4, 0.5) is 5.69 Å². The van der Waals surface area contributed by atoms with Crippen molar-refractivity contribution < 1.29 is 4.79 Å². The fourth-order valence-corrected chi connectivity index (χ4v) is 3.91. The van der Waals surface area contributed by atoms with Crippen molar-refractivity contribution in [2.45, 2.75) is 51.1 Å². The summed E-state index contributed by atoms with van der Waals surface area (Å²) in [4.78, 5) is 14.8. The second-order valence-electron chi connectivity index (χ2n) is 7.47. The molecule has 3 aliphatic rings. The van der Waals surface area contributed by atoms with Gasteiger partial charge in [-0.3, -0.25) is 4.79 Å². The van der Waals surface area contributed by atoms with Crippen molar-refractivity contribution in [2.75, 3.05) is 11.4 Å². The Kier molecular flexibility index (Phi) is 3.88. The zero-order valence-electron chi connectivity index (χ0n) is 13.9. The van der Waals surface area contributed by atoms with Crippen LogP contribution in [0.2, 0.25) is 0 Å². The fourth-order valence-electron chi connectivity index (χ4n) is 3.91. The van der Waals surface area contributed by atoms with Crippen LogP contribution >= 0.6 is 0 Å². The van der Waals surface area contributed by atoms with Crippen LogP contribution in [0, 0.1) is 11.8 Å².